The molecule has 0 saturated carbocycles. The molecular weight excluding hydrogens is 522 g/mol. The Morgan fingerprint density at radius 2 is 1.44 bits per heavy atom. The average Bonchev–Trinajstić information content (AvgIpc) is 3.36. The number of fused-ring (bicyclic) bond motifs is 1. The zero-order chi connectivity index (χ0) is 30.1. The van der Waals surface area contributed by atoms with Gasteiger partial charge in [0.25, 0.3) is 0 Å². The molecule has 0 bridgehead atoms. The van der Waals surface area contributed by atoms with Crippen LogP contribution in [0.1, 0.15) is 45.2 Å². The van der Waals surface area contributed by atoms with E-state index in [1.54, 1.807) is 27.0 Å². The molecule has 0 saturated heterocycles. The molecule has 0 spiro atoms. The molecule has 3 rings (SSSR count). The first-order valence-corrected chi connectivity index (χ1v) is 14.0. The number of aromatic amines is 1. The van der Waals surface area contributed by atoms with Gasteiger partial charge in [-0.05, 0) is 35.4 Å². The molecule has 0 aliphatic carbocycles. The van der Waals surface area contributed by atoms with E-state index < -0.39 is 47.9 Å². The summed E-state index contributed by atoms with van der Waals surface area (Å²) in [6.45, 7) is 7.25. The molecular formula is C31H41N5O5. The van der Waals surface area contributed by atoms with Crippen molar-refractivity contribution in [2.24, 2.45) is 17.6 Å². The molecule has 1 heterocycles. The van der Waals surface area contributed by atoms with Crippen molar-refractivity contribution in [2.45, 2.75) is 71.1 Å². The van der Waals surface area contributed by atoms with Gasteiger partial charge in [0.1, 0.15) is 18.1 Å². The van der Waals surface area contributed by atoms with Gasteiger partial charge in [-0.15, -0.1) is 0 Å². The number of nitrogens with two attached hydrogens (primary N) is 1. The number of nitrogens with one attached hydrogen (secondary N) is 4. The summed E-state index contributed by atoms with van der Waals surface area (Å²) in [4.78, 5) is 54.9. The lowest BCUT2D eigenvalue weighted by Crippen LogP contribution is -2.60. The van der Waals surface area contributed by atoms with Gasteiger partial charge in [0.2, 0.25) is 17.7 Å². The third kappa shape index (κ3) is 8.40. The van der Waals surface area contributed by atoms with Gasteiger partial charge in [0, 0.05) is 23.5 Å². The van der Waals surface area contributed by atoms with Gasteiger partial charge >= 0.3 is 5.97 Å². The Balaban J connectivity index is 1.70. The Kier molecular flexibility index (Phi) is 11.0. The number of aromatic nitrogens is 1. The second kappa shape index (κ2) is 14.5. The van der Waals surface area contributed by atoms with E-state index in [1.165, 1.54) is 0 Å². The van der Waals surface area contributed by atoms with E-state index in [9.17, 15) is 24.3 Å². The van der Waals surface area contributed by atoms with Crippen LogP contribution in [0.25, 0.3) is 10.9 Å². The lowest BCUT2D eigenvalue weighted by atomic mass is 9.95. The Morgan fingerprint density at radius 3 is 2.07 bits per heavy atom. The van der Waals surface area contributed by atoms with E-state index in [-0.39, 0.29) is 18.3 Å². The predicted molar refractivity (Wildman–Crippen MR) is 158 cm³/mol. The van der Waals surface area contributed by atoms with E-state index >= 15 is 0 Å². The number of carboxylic acids is 1. The highest BCUT2D eigenvalue weighted by Crippen LogP contribution is 2.19. The quantitative estimate of drug-likeness (QED) is 0.176. The molecule has 0 fully saturated rings. The number of hydrogen-bond donors (Lipinski definition) is 6. The molecule has 0 aliphatic heterocycles. The van der Waals surface area contributed by atoms with Crippen LogP contribution in [0.5, 0.6) is 0 Å². The van der Waals surface area contributed by atoms with E-state index in [1.807, 2.05) is 61.5 Å². The van der Waals surface area contributed by atoms with Crippen molar-refractivity contribution < 1.29 is 24.3 Å². The molecule has 5 atom stereocenters. The van der Waals surface area contributed by atoms with Crippen LogP contribution in [-0.2, 0) is 32.0 Å². The molecule has 41 heavy (non-hydrogen) atoms. The molecule has 3 aromatic rings. The summed E-state index contributed by atoms with van der Waals surface area (Å²) in [5.74, 6) is -3.39. The topological polar surface area (TPSA) is 166 Å². The summed E-state index contributed by atoms with van der Waals surface area (Å²) < 4.78 is 0. The van der Waals surface area contributed by atoms with Crippen LogP contribution in [0.3, 0.4) is 0 Å². The van der Waals surface area contributed by atoms with Crippen molar-refractivity contribution >= 4 is 34.6 Å². The highest BCUT2D eigenvalue weighted by Gasteiger charge is 2.34. The van der Waals surface area contributed by atoms with Gasteiger partial charge in [-0.1, -0.05) is 82.6 Å². The summed E-state index contributed by atoms with van der Waals surface area (Å²) in [6, 6.07) is 12.8. The van der Waals surface area contributed by atoms with E-state index in [2.05, 4.69) is 20.9 Å². The first-order chi connectivity index (χ1) is 19.5. The summed E-state index contributed by atoms with van der Waals surface area (Å²) in [5, 5.41) is 18.9. The van der Waals surface area contributed by atoms with Crippen molar-refractivity contribution in [3.8, 4) is 0 Å². The van der Waals surface area contributed by atoms with Gasteiger partial charge in [-0.2, -0.15) is 0 Å². The molecule has 5 unspecified atom stereocenters. The van der Waals surface area contributed by atoms with Crippen LogP contribution in [0.2, 0.25) is 0 Å². The minimum atomic E-state index is -1.21. The van der Waals surface area contributed by atoms with Gasteiger partial charge in [0.15, 0.2) is 0 Å². The van der Waals surface area contributed by atoms with Crippen molar-refractivity contribution in [1.82, 2.24) is 20.9 Å². The Bertz CT molecular complexity index is 1340. The second-order valence-corrected chi connectivity index (χ2v) is 10.9. The third-order valence-corrected chi connectivity index (χ3v) is 7.39. The average molecular weight is 564 g/mol. The Morgan fingerprint density at radius 1 is 0.829 bits per heavy atom. The number of benzene rings is 2. The van der Waals surface area contributed by atoms with E-state index in [0.717, 1.165) is 22.0 Å². The summed E-state index contributed by atoms with van der Waals surface area (Å²) in [7, 11) is 0. The lowest BCUT2D eigenvalue weighted by Gasteiger charge is -2.29. The highest BCUT2D eigenvalue weighted by molar-refractivity contribution is 5.94. The Hall–Kier alpha value is -4.18. The number of H-pyrrole nitrogens is 1. The second-order valence-electron chi connectivity index (χ2n) is 10.9. The van der Waals surface area contributed by atoms with Crippen LogP contribution in [0, 0.1) is 11.8 Å². The van der Waals surface area contributed by atoms with Gasteiger partial charge in [-0.3, -0.25) is 14.4 Å². The van der Waals surface area contributed by atoms with Crippen LogP contribution in [0.4, 0.5) is 0 Å². The minimum absolute atomic E-state index is 0.0657. The number of rotatable bonds is 14. The van der Waals surface area contributed by atoms with Crippen molar-refractivity contribution in [3.05, 3.63) is 71.9 Å². The monoisotopic (exact) mass is 563 g/mol. The maximum Gasteiger partial charge on any atom is 0.326 e. The van der Waals surface area contributed by atoms with E-state index in [0.29, 0.717) is 12.8 Å². The zero-order valence-corrected chi connectivity index (χ0v) is 24.0. The number of para-hydroxylation sites is 1. The third-order valence-electron chi connectivity index (χ3n) is 7.39. The van der Waals surface area contributed by atoms with E-state index in [4.69, 9.17) is 5.73 Å². The van der Waals surface area contributed by atoms with Gasteiger partial charge in [-0.25, -0.2) is 4.79 Å². The Labute approximate surface area is 240 Å². The molecule has 1 aromatic heterocycles. The van der Waals surface area contributed by atoms with Crippen LogP contribution in [0.15, 0.2) is 60.8 Å². The molecule has 2 aromatic carbocycles. The summed E-state index contributed by atoms with van der Waals surface area (Å²) in [5.41, 5.74) is 8.65. The standard InChI is InChI=1S/C31H41N5O5/c1-5-19(4)27(30(39)34-25(31(40)41)16-21-17-33-24-14-10-9-13-22(21)24)36-29(38)26(18(2)3)35-28(37)23(32)15-20-11-7-6-8-12-20/h6-14,17-19,23,25-27,33H,5,15-16,32H2,1-4H3,(H,34,39)(H,35,37)(H,36,38)(H,40,41). The molecule has 7 N–H and O–H groups in total. The summed E-state index contributed by atoms with van der Waals surface area (Å²) >= 11 is 0. The number of amides is 3. The minimum Gasteiger partial charge on any atom is -0.480 e. The van der Waals surface area contributed by atoms with Crippen molar-refractivity contribution in [3.63, 3.8) is 0 Å². The fourth-order valence-electron chi connectivity index (χ4n) is 4.68. The van der Waals surface area contributed by atoms with Crippen LogP contribution in [-0.4, -0.2) is 57.9 Å². The SMILES string of the molecule is CCC(C)C(NC(=O)C(NC(=O)C(N)Cc1ccccc1)C(C)C)C(=O)NC(Cc1c[nH]c2ccccc12)C(=O)O. The largest absolute Gasteiger partial charge is 0.480 e. The van der Waals surface area contributed by atoms with Crippen molar-refractivity contribution in [2.75, 3.05) is 0 Å². The van der Waals surface area contributed by atoms with Gasteiger partial charge in [0.05, 0.1) is 6.04 Å². The number of hydrogen-bond acceptors (Lipinski definition) is 5. The fourth-order valence-corrected chi connectivity index (χ4v) is 4.68. The number of carbonyl (C=O) groups is 4. The first-order valence-electron chi connectivity index (χ1n) is 14.0. The van der Waals surface area contributed by atoms with Crippen molar-refractivity contribution in [1.29, 1.82) is 0 Å². The maximum atomic E-state index is 13.4. The number of carbonyl (C=O) groups excluding carboxylic acids is 3. The van der Waals surface area contributed by atoms with Gasteiger partial charge < -0.3 is 31.8 Å². The number of aliphatic carboxylic acids is 1. The fraction of sp³-hybridized carbons (Fsp3) is 0.419. The highest BCUT2D eigenvalue weighted by atomic mass is 16.4. The maximum absolute atomic E-state index is 13.4. The smallest absolute Gasteiger partial charge is 0.326 e. The molecule has 10 nitrogen and oxygen atoms in total. The van der Waals surface area contributed by atoms with Crippen LogP contribution < -0.4 is 21.7 Å². The normalized spacial score (nSPS) is 15.0. The molecule has 10 heteroatoms. The lowest BCUT2D eigenvalue weighted by molar-refractivity contribution is -0.142. The molecule has 0 radical (unpaired) electrons. The predicted octanol–water partition coefficient (Wildman–Crippen LogP) is 2.52. The van der Waals surface area contributed by atoms with Crippen LogP contribution >= 0.6 is 0 Å². The first kappa shape index (κ1) is 31.3. The molecule has 0 aliphatic rings. The molecule has 220 valence electrons. The summed E-state index contributed by atoms with van der Waals surface area (Å²) in [6.07, 6.45) is 2.67. The number of carboxylic acid groups (broad SMARTS) is 1. The molecule has 3 amide bonds. The zero-order valence-electron chi connectivity index (χ0n) is 24.0.